The van der Waals surface area contributed by atoms with Gasteiger partial charge in [-0.15, -0.1) is 11.3 Å². The van der Waals surface area contributed by atoms with E-state index < -0.39 is 4.92 Å². The van der Waals surface area contributed by atoms with E-state index in [-0.39, 0.29) is 18.2 Å². The van der Waals surface area contributed by atoms with Gasteiger partial charge in [0.2, 0.25) is 0 Å². The van der Waals surface area contributed by atoms with E-state index in [1.165, 1.54) is 23.5 Å². The van der Waals surface area contributed by atoms with Crippen LogP contribution in [-0.2, 0) is 4.79 Å². The largest absolute Gasteiger partial charge is 0.484 e. The minimum atomic E-state index is -0.455. The molecule has 0 saturated heterocycles. The Kier molecular flexibility index (Phi) is 5.00. The molecule has 3 rings (SSSR count). The van der Waals surface area contributed by atoms with Crippen molar-refractivity contribution in [3.05, 3.63) is 70.1 Å². The van der Waals surface area contributed by atoms with Crippen LogP contribution in [0.5, 0.6) is 5.75 Å². The maximum atomic E-state index is 11.9. The summed E-state index contributed by atoms with van der Waals surface area (Å²) in [6.45, 7) is -0.115. The summed E-state index contributed by atoms with van der Waals surface area (Å²) in [5.74, 6) is 0.303. The number of nitrogens with zero attached hydrogens (tertiary/aromatic N) is 2. The van der Waals surface area contributed by atoms with Crippen molar-refractivity contribution in [1.82, 2.24) is 4.98 Å². The Morgan fingerprint density at radius 3 is 2.56 bits per heavy atom. The molecule has 1 aromatic heterocycles. The van der Waals surface area contributed by atoms with Crippen LogP contribution < -0.4 is 10.1 Å². The average molecular weight is 355 g/mol. The molecule has 25 heavy (non-hydrogen) atoms. The van der Waals surface area contributed by atoms with Gasteiger partial charge < -0.3 is 4.74 Å². The van der Waals surface area contributed by atoms with E-state index >= 15 is 0 Å². The standard InChI is InChI=1S/C17H13N3O4S/c21-16(10-24-14-4-2-1-3-5-14)19-17-18-15(11-25-17)12-6-8-13(9-7-12)20(22)23/h1-9,11H,10H2,(H,18,19,21). The lowest BCUT2D eigenvalue weighted by Crippen LogP contribution is -2.19. The van der Waals surface area contributed by atoms with Crippen molar-refractivity contribution >= 4 is 28.1 Å². The molecule has 0 fully saturated rings. The van der Waals surface area contributed by atoms with Crippen LogP contribution in [0.15, 0.2) is 60.0 Å². The molecule has 1 amide bonds. The molecule has 1 heterocycles. The van der Waals surface area contributed by atoms with Gasteiger partial charge in [-0.25, -0.2) is 4.98 Å². The molecule has 1 N–H and O–H groups in total. The lowest BCUT2D eigenvalue weighted by Gasteiger charge is -2.05. The Morgan fingerprint density at radius 1 is 1.16 bits per heavy atom. The summed E-state index contributed by atoms with van der Waals surface area (Å²) in [4.78, 5) is 26.4. The average Bonchev–Trinajstić information content (AvgIpc) is 3.09. The highest BCUT2D eigenvalue weighted by molar-refractivity contribution is 7.14. The number of benzene rings is 2. The normalized spacial score (nSPS) is 10.2. The second kappa shape index (κ2) is 7.54. The first-order valence-corrected chi connectivity index (χ1v) is 8.18. The second-order valence-electron chi connectivity index (χ2n) is 4.99. The maximum Gasteiger partial charge on any atom is 0.269 e. The topological polar surface area (TPSA) is 94.4 Å². The Morgan fingerprint density at radius 2 is 1.88 bits per heavy atom. The number of nitro benzene ring substituents is 1. The van der Waals surface area contributed by atoms with Gasteiger partial charge in [0.05, 0.1) is 10.6 Å². The lowest BCUT2D eigenvalue weighted by atomic mass is 10.1. The molecule has 0 unspecified atom stereocenters. The van der Waals surface area contributed by atoms with Crippen LogP contribution in [0.25, 0.3) is 11.3 Å². The van der Waals surface area contributed by atoms with Crippen molar-refractivity contribution < 1.29 is 14.5 Å². The number of non-ortho nitro benzene ring substituents is 1. The van der Waals surface area contributed by atoms with Crippen molar-refractivity contribution in [3.63, 3.8) is 0 Å². The summed E-state index contributed by atoms with van der Waals surface area (Å²) in [6, 6.07) is 15.1. The van der Waals surface area contributed by atoms with Crippen LogP contribution in [0.2, 0.25) is 0 Å². The van der Waals surface area contributed by atoms with E-state index in [9.17, 15) is 14.9 Å². The van der Waals surface area contributed by atoms with Gasteiger partial charge in [-0.3, -0.25) is 20.2 Å². The molecule has 0 aliphatic heterocycles. The quantitative estimate of drug-likeness (QED) is 0.537. The molecule has 0 atom stereocenters. The summed E-state index contributed by atoms with van der Waals surface area (Å²) < 4.78 is 5.37. The van der Waals surface area contributed by atoms with E-state index in [2.05, 4.69) is 10.3 Å². The van der Waals surface area contributed by atoms with Gasteiger partial charge in [-0.05, 0) is 24.3 Å². The summed E-state index contributed by atoms with van der Waals surface area (Å²) in [5, 5.41) is 15.6. The molecule has 126 valence electrons. The molecule has 0 radical (unpaired) electrons. The van der Waals surface area contributed by atoms with Gasteiger partial charge in [0.25, 0.3) is 11.6 Å². The van der Waals surface area contributed by atoms with Gasteiger partial charge in [-0.2, -0.15) is 0 Å². The molecule has 0 aliphatic carbocycles. The molecular formula is C17H13N3O4S. The fraction of sp³-hybridized carbons (Fsp3) is 0.0588. The van der Waals surface area contributed by atoms with Crippen LogP contribution >= 0.6 is 11.3 Å². The second-order valence-corrected chi connectivity index (χ2v) is 5.85. The Hall–Kier alpha value is -3.26. The zero-order valence-corrected chi connectivity index (χ0v) is 13.7. The van der Waals surface area contributed by atoms with E-state index in [0.29, 0.717) is 16.6 Å². The summed E-state index contributed by atoms with van der Waals surface area (Å²) in [5.41, 5.74) is 1.40. The first-order chi connectivity index (χ1) is 12.1. The predicted octanol–water partition coefficient (Wildman–Crippen LogP) is 3.74. The van der Waals surface area contributed by atoms with E-state index in [1.807, 2.05) is 18.2 Å². The van der Waals surface area contributed by atoms with Crippen LogP contribution in [0.1, 0.15) is 0 Å². The van der Waals surface area contributed by atoms with Crippen LogP contribution in [0.4, 0.5) is 10.8 Å². The fourth-order valence-electron chi connectivity index (χ4n) is 2.04. The van der Waals surface area contributed by atoms with Gasteiger partial charge in [-0.1, -0.05) is 18.2 Å². The number of anilines is 1. The van der Waals surface area contributed by atoms with Gasteiger partial charge in [0.1, 0.15) is 5.75 Å². The monoisotopic (exact) mass is 355 g/mol. The molecule has 0 spiro atoms. The minimum Gasteiger partial charge on any atom is -0.484 e. The summed E-state index contributed by atoms with van der Waals surface area (Å²) in [7, 11) is 0. The zero-order chi connectivity index (χ0) is 17.6. The van der Waals surface area contributed by atoms with Crippen LogP contribution in [0, 0.1) is 10.1 Å². The third kappa shape index (κ3) is 4.39. The molecule has 7 nitrogen and oxygen atoms in total. The van der Waals surface area contributed by atoms with Crippen molar-refractivity contribution in [3.8, 4) is 17.0 Å². The number of para-hydroxylation sites is 1. The number of nitro groups is 1. The van der Waals surface area contributed by atoms with Crippen molar-refractivity contribution in [2.45, 2.75) is 0 Å². The molecule has 8 heteroatoms. The number of hydrogen-bond donors (Lipinski definition) is 1. The molecule has 0 saturated carbocycles. The zero-order valence-electron chi connectivity index (χ0n) is 12.9. The maximum absolute atomic E-state index is 11.9. The van der Waals surface area contributed by atoms with E-state index in [4.69, 9.17) is 4.74 Å². The molecular weight excluding hydrogens is 342 g/mol. The predicted molar refractivity (Wildman–Crippen MR) is 94.8 cm³/mol. The van der Waals surface area contributed by atoms with Crippen LogP contribution in [0.3, 0.4) is 0 Å². The van der Waals surface area contributed by atoms with Crippen LogP contribution in [-0.4, -0.2) is 22.4 Å². The number of thiazole rings is 1. The first-order valence-electron chi connectivity index (χ1n) is 7.30. The highest BCUT2D eigenvalue weighted by atomic mass is 32.1. The SMILES string of the molecule is O=C(COc1ccccc1)Nc1nc(-c2ccc([N+](=O)[O-])cc2)cs1. The van der Waals surface area contributed by atoms with Crippen molar-refractivity contribution in [2.75, 3.05) is 11.9 Å². The third-order valence-corrected chi connectivity index (χ3v) is 4.00. The number of nitrogens with one attached hydrogen (secondary N) is 1. The van der Waals surface area contributed by atoms with Crippen molar-refractivity contribution in [2.24, 2.45) is 0 Å². The summed E-state index contributed by atoms with van der Waals surface area (Å²) in [6.07, 6.45) is 0. The third-order valence-electron chi connectivity index (χ3n) is 3.24. The molecule has 3 aromatic rings. The number of amides is 1. The Bertz CT molecular complexity index is 878. The number of rotatable bonds is 6. The molecule has 2 aromatic carbocycles. The Labute approximate surface area is 147 Å². The minimum absolute atomic E-state index is 0.0190. The number of carbonyl (C=O) groups excluding carboxylic acids is 1. The molecule has 0 aliphatic rings. The van der Waals surface area contributed by atoms with E-state index in [1.54, 1.807) is 29.6 Å². The van der Waals surface area contributed by atoms with Crippen molar-refractivity contribution in [1.29, 1.82) is 0 Å². The highest BCUT2D eigenvalue weighted by Crippen LogP contribution is 2.26. The summed E-state index contributed by atoms with van der Waals surface area (Å²) >= 11 is 1.27. The van der Waals surface area contributed by atoms with Gasteiger partial charge in [0.15, 0.2) is 11.7 Å². The van der Waals surface area contributed by atoms with Gasteiger partial charge >= 0.3 is 0 Å². The smallest absolute Gasteiger partial charge is 0.269 e. The number of carbonyl (C=O) groups is 1. The number of hydrogen-bond acceptors (Lipinski definition) is 6. The number of ether oxygens (including phenoxy) is 1. The van der Waals surface area contributed by atoms with E-state index in [0.717, 1.165) is 5.56 Å². The number of aromatic nitrogens is 1. The fourth-order valence-corrected chi connectivity index (χ4v) is 2.77. The highest BCUT2D eigenvalue weighted by Gasteiger charge is 2.10. The Balaban J connectivity index is 1.59. The lowest BCUT2D eigenvalue weighted by molar-refractivity contribution is -0.384. The van der Waals surface area contributed by atoms with Gasteiger partial charge in [0, 0.05) is 23.1 Å². The first kappa shape index (κ1) is 16.6. The molecule has 0 bridgehead atoms.